The van der Waals surface area contributed by atoms with E-state index < -0.39 is 5.76 Å². The first-order valence-corrected chi connectivity index (χ1v) is 7.47. The molecule has 0 amide bonds. The van der Waals surface area contributed by atoms with Crippen LogP contribution in [0.4, 0.5) is 18.9 Å². The Kier molecular flexibility index (Phi) is 5.56. The van der Waals surface area contributed by atoms with Gasteiger partial charge >= 0.3 is 0 Å². The molecule has 2 aromatic rings. The maximum Gasteiger partial charge on any atom is 0.288 e. The lowest BCUT2D eigenvalue weighted by molar-refractivity contribution is 0.252. The number of alkyl halides is 2. The lowest BCUT2D eigenvalue weighted by atomic mass is 10.1. The third kappa shape index (κ3) is 5.01. The topological polar surface area (TPSA) is 12.0 Å². The quantitative estimate of drug-likeness (QED) is 0.737. The molecular formula is C16H16F3NS. The van der Waals surface area contributed by atoms with Crippen LogP contribution in [0.15, 0.2) is 53.4 Å². The summed E-state index contributed by atoms with van der Waals surface area (Å²) in [5, 5.41) is 3.23. The van der Waals surface area contributed by atoms with E-state index in [9.17, 15) is 13.2 Å². The van der Waals surface area contributed by atoms with Crippen molar-refractivity contribution >= 4 is 17.4 Å². The highest BCUT2D eigenvalue weighted by atomic mass is 32.2. The normalized spacial score (nSPS) is 12.4. The first-order chi connectivity index (χ1) is 10.0. The smallest absolute Gasteiger partial charge is 0.288 e. The van der Waals surface area contributed by atoms with E-state index in [-0.39, 0.29) is 11.9 Å². The maximum absolute atomic E-state index is 13.6. The number of hydrogen-bond acceptors (Lipinski definition) is 2. The van der Waals surface area contributed by atoms with Crippen molar-refractivity contribution in [2.75, 3.05) is 5.32 Å². The van der Waals surface area contributed by atoms with E-state index >= 15 is 0 Å². The molecule has 0 saturated heterocycles. The van der Waals surface area contributed by atoms with Crippen molar-refractivity contribution in [1.29, 1.82) is 0 Å². The first kappa shape index (κ1) is 15.8. The summed E-state index contributed by atoms with van der Waals surface area (Å²) in [7, 11) is 0. The zero-order valence-corrected chi connectivity index (χ0v) is 12.3. The van der Waals surface area contributed by atoms with Crippen LogP contribution in [0.25, 0.3) is 0 Å². The monoisotopic (exact) mass is 311 g/mol. The number of benzene rings is 2. The fraction of sp³-hybridized carbons (Fsp3) is 0.250. The summed E-state index contributed by atoms with van der Waals surface area (Å²) in [6.07, 6.45) is 0.556. The predicted molar refractivity (Wildman–Crippen MR) is 81.5 cm³/mol. The second kappa shape index (κ2) is 7.41. The van der Waals surface area contributed by atoms with E-state index in [0.717, 1.165) is 5.69 Å². The van der Waals surface area contributed by atoms with Crippen LogP contribution in [0.2, 0.25) is 0 Å². The van der Waals surface area contributed by atoms with Gasteiger partial charge < -0.3 is 5.32 Å². The van der Waals surface area contributed by atoms with Crippen molar-refractivity contribution in [2.24, 2.45) is 0 Å². The molecular weight excluding hydrogens is 295 g/mol. The Labute approximate surface area is 126 Å². The van der Waals surface area contributed by atoms with Crippen LogP contribution in [-0.4, -0.2) is 11.8 Å². The van der Waals surface area contributed by atoms with Gasteiger partial charge in [-0.25, -0.2) is 4.39 Å². The van der Waals surface area contributed by atoms with E-state index in [1.54, 1.807) is 36.4 Å². The number of nitrogens with one attached hydrogen (secondary N) is 1. The van der Waals surface area contributed by atoms with Crippen LogP contribution in [0.5, 0.6) is 0 Å². The molecule has 21 heavy (non-hydrogen) atoms. The Balaban J connectivity index is 1.93. The van der Waals surface area contributed by atoms with Crippen molar-refractivity contribution in [3.05, 3.63) is 59.9 Å². The van der Waals surface area contributed by atoms with Crippen molar-refractivity contribution in [1.82, 2.24) is 0 Å². The molecule has 0 aromatic heterocycles. The first-order valence-electron chi connectivity index (χ1n) is 6.59. The Morgan fingerprint density at radius 1 is 1.05 bits per heavy atom. The molecule has 0 aliphatic rings. The lowest BCUT2D eigenvalue weighted by Gasteiger charge is -2.16. The standard InChI is InChI=1S/C16H16F3NS/c1-11(10-12-4-2-3-5-15(12)17)20-13-6-8-14(9-7-13)21-16(18)19/h2-9,11,16,20H,10H2,1H3. The van der Waals surface area contributed by atoms with E-state index in [1.807, 2.05) is 13.0 Å². The average Bonchev–Trinajstić information content (AvgIpc) is 2.43. The molecule has 2 aromatic carbocycles. The molecule has 1 atom stereocenters. The van der Waals surface area contributed by atoms with Gasteiger partial charge in [-0.3, -0.25) is 0 Å². The number of thioether (sulfide) groups is 1. The fourth-order valence-electron chi connectivity index (χ4n) is 2.06. The number of halogens is 3. The number of rotatable bonds is 6. The second-order valence-electron chi connectivity index (χ2n) is 4.74. The van der Waals surface area contributed by atoms with Gasteiger partial charge in [0.05, 0.1) is 0 Å². The summed E-state index contributed by atoms with van der Waals surface area (Å²) in [4.78, 5) is 0.525. The highest BCUT2D eigenvalue weighted by Gasteiger charge is 2.08. The Morgan fingerprint density at radius 3 is 2.33 bits per heavy atom. The molecule has 0 spiro atoms. The Hall–Kier alpha value is -1.62. The highest BCUT2D eigenvalue weighted by Crippen LogP contribution is 2.26. The lowest BCUT2D eigenvalue weighted by Crippen LogP contribution is -2.18. The third-order valence-electron chi connectivity index (χ3n) is 2.98. The third-order valence-corrected chi connectivity index (χ3v) is 3.70. The van der Waals surface area contributed by atoms with Crippen LogP contribution in [0, 0.1) is 5.82 Å². The van der Waals surface area contributed by atoms with Crippen LogP contribution < -0.4 is 5.32 Å². The largest absolute Gasteiger partial charge is 0.382 e. The molecule has 0 fully saturated rings. The highest BCUT2D eigenvalue weighted by molar-refractivity contribution is 7.99. The fourth-order valence-corrected chi connectivity index (χ4v) is 2.56. The van der Waals surface area contributed by atoms with Gasteiger partial charge in [0.1, 0.15) is 5.82 Å². The van der Waals surface area contributed by atoms with E-state index in [0.29, 0.717) is 28.6 Å². The summed E-state index contributed by atoms with van der Waals surface area (Å²) in [6.45, 7) is 1.95. The molecule has 0 aliphatic carbocycles. The predicted octanol–water partition coefficient (Wildman–Crippen LogP) is 5.18. The number of hydrogen-bond donors (Lipinski definition) is 1. The minimum atomic E-state index is -2.41. The van der Waals surface area contributed by atoms with Gasteiger partial charge in [-0.15, -0.1) is 0 Å². The molecule has 0 radical (unpaired) electrons. The van der Waals surface area contributed by atoms with Crippen LogP contribution in [0.1, 0.15) is 12.5 Å². The van der Waals surface area contributed by atoms with Gasteiger partial charge in [-0.1, -0.05) is 30.0 Å². The van der Waals surface area contributed by atoms with Crippen molar-refractivity contribution in [2.45, 2.75) is 30.0 Å². The van der Waals surface area contributed by atoms with Gasteiger partial charge in [0.25, 0.3) is 5.76 Å². The minimum absolute atomic E-state index is 0.0375. The summed E-state index contributed by atoms with van der Waals surface area (Å²) < 4.78 is 38.0. The SMILES string of the molecule is CC(Cc1ccccc1F)Nc1ccc(SC(F)F)cc1. The zero-order valence-electron chi connectivity index (χ0n) is 11.5. The molecule has 5 heteroatoms. The van der Waals surface area contributed by atoms with E-state index in [1.165, 1.54) is 6.07 Å². The van der Waals surface area contributed by atoms with Crippen molar-refractivity contribution in [3.63, 3.8) is 0 Å². The number of anilines is 1. The summed E-state index contributed by atoms with van der Waals surface area (Å²) in [6, 6.07) is 13.5. The molecule has 0 saturated carbocycles. The Bertz CT molecular complexity index is 572. The minimum Gasteiger partial charge on any atom is -0.382 e. The molecule has 1 nitrogen and oxygen atoms in total. The molecule has 1 unspecified atom stereocenters. The zero-order chi connectivity index (χ0) is 15.2. The average molecular weight is 311 g/mol. The van der Waals surface area contributed by atoms with Gasteiger partial charge in [0.2, 0.25) is 0 Å². The van der Waals surface area contributed by atoms with Gasteiger partial charge in [-0.2, -0.15) is 8.78 Å². The molecule has 0 aliphatic heterocycles. The summed E-state index contributed by atoms with van der Waals surface area (Å²) in [5.41, 5.74) is 1.49. The summed E-state index contributed by atoms with van der Waals surface area (Å²) in [5.74, 6) is -2.63. The molecule has 0 bridgehead atoms. The van der Waals surface area contributed by atoms with Crippen LogP contribution in [0.3, 0.4) is 0 Å². The van der Waals surface area contributed by atoms with Gasteiger partial charge in [0, 0.05) is 16.6 Å². The van der Waals surface area contributed by atoms with Crippen LogP contribution in [-0.2, 0) is 6.42 Å². The molecule has 1 N–H and O–H groups in total. The van der Waals surface area contributed by atoms with Crippen molar-refractivity contribution in [3.8, 4) is 0 Å². The van der Waals surface area contributed by atoms with Crippen LogP contribution >= 0.6 is 11.8 Å². The molecule has 0 heterocycles. The molecule has 112 valence electrons. The van der Waals surface area contributed by atoms with Gasteiger partial charge in [0.15, 0.2) is 0 Å². The van der Waals surface area contributed by atoms with Gasteiger partial charge in [-0.05, 0) is 49.2 Å². The summed E-state index contributed by atoms with van der Waals surface area (Å²) >= 11 is 0.520. The van der Waals surface area contributed by atoms with Crippen molar-refractivity contribution < 1.29 is 13.2 Å². The Morgan fingerprint density at radius 2 is 1.71 bits per heavy atom. The second-order valence-corrected chi connectivity index (χ2v) is 5.81. The molecule has 2 rings (SSSR count). The van der Waals surface area contributed by atoms with E-state index in [2.05, 4.69) is 5.32 Å². The maximum atomic E-state index is 13.6. The van der Waals surface area contributed by atoms with E-state index in [4.69, 9.17) is 0 Å².